The van der Waals surface area contributed by atoms with E-state index in [1.54, 1.807) is 41.9 Å². The van der Waals surface area contributed by atoms with Crippen molar-refractivity contribution in [3.8, 4) is 16.9 Å². The SMILES string of the molecule is CC1=C(C)CC(C)(n2[nH]c(C)c(N=Nc3cccc(-c4cccc(C(=O)O)c4)c3O)c2=O)C=C1. The summed E-state index contributed by atoms with van der Waals surface area (Å²) >= 11 is 0. The number of carboxylic acid groups (broad SMARTS) is 1. The lowest BCUT2D eigenvalue weighted by Gasteiger charge is -2.30. The standard InChI is InChI=1S/C26H26N4O4/c1-15-11-12-26(4,14-16(15)2)30-24(32)22(17(3)29-30)28-27-21-10-6-9-20(23(21)31)18-7-5-8-19(13-18)25(33)34/h5-13,29,31H,14H2,1-4H3,(H,33,34). The Morgan fingerprint density at radius 2 is 1.85 bits per heavy atom. The van der Waals surface area contributed by atoms with Gasteiger partial charge in [0.15, 0.2) is 11.4 Å². The van der Waals surface area contributed by atoms with Crippen molar-refractivity contribution >= 4 is 17.3 Å². The number of nitrogens with one attached hydrogen (secondary N) is 1. The first kappa shape index (κ1) is 23.0. The molecular formula is C26H26N4O4. The highest BCUT2D eigenvalue weighted by Gasteiger charge is 2.30. The number of phenols is 1. The third-order valence-corrected chi connectivity index (χ3v) is 6.23. The van der Waals surface area contributed by atoms with Crippen LogP contribution < -0.4 is 5.56 Å². The van der Waals surface area contributed by atoms with Gasteiger partial charge in [0.25, 0.3) is 5.56 Å². The van der Waals surface area contributed by atoms with Gasteiger partial charge in [0, 0.05) is 5.56 Å². The number of phenolic OH excluding ortho intramolecular Hbond substituents is 1. The fourth-order valence-corrected chi connectivity index (χ4v) is 4.12. The minimum atomic E-state index is -1.06. The number of aromatic hydroxyl groups is 1. The molecule has 0 saturated carbocycles. The Morgan fingerprint density at radius 1 is 1.12 bits per heavy atom. The number of hydrogen-bond donors (Lipinski definition) is 3. The monoisotopic (exact) mass is 458 g/mol. The summed E-state index contributed by atoms with van der Waals surface area (Å²) in [5, 5.41) is 31.5. The number of carboxylic acids is 1. The maximum absolute atomic E-state index is 13.2. The summed E-state index contributed by atoms with van der Waals surface area (Å²) in [6.07, 6.45) is 4.73. The smallest absolute Gasteiger partial charge is 0.335 e. The topological polar surface area (TPSA) is 120 Å². The van der Waals surface area contributed by atoms with Crippen molar-refractivity contribution in [1.29, 1.82) is 0 Å². The van der Waals surface area contributed by atoms with Crippen LogP contribution >= 0.6 is 0 Å². The van der Waals surface area contributed by atoms with E-state index in [0.29, 0.717) is 23.2 Å². The number of para-hydroxylation sites is 1. The Balaban J connectivity index is 1.69. The number of H-pyrrole nitrogens is 1. The molecular weight excluding hydrogens is 432 g/mol. The highest BCUT2D eigenvalue weighted by atomic mass is 16.4. The molecule has 3 aromatic rings. The number of aromatic carboxylic acids is 1. The molecule has 174 valence electrons. The molecule has 0 aliphatic heterocycles. The molecule has 4 rings (SSSR count). The number of benzene rings is 2. The second-order valence-corrected chi connectivity index (χ2v) is 8.82. The molecule has 3 N–H and O–H groups in total. The van der Waals surface area contributed by atoms with Gasteiger partial charge in [0.05, 0.1) is 16.8 Å². The predicted octanol–water partition coefficient (Wildman–Crippen LogP) is 5.98. The normalized spacial score (nSPS) is 18.1. The summed E-state index contributed by atoms with van der Waals surface area (Å²) in [5.41, 5.74) is 3.51. The van der Waals surface area contributed by atoms with Crippen LogP contribution in [0.4, 0.5) is 11.4 Å². The second-order valence-electron chi connectivity index (χ2n) is 8.82. The maximum Gasteiger partial charge on any atom is 0.335 e. The van der Waals surface area contributed by atoms with E-state index >= 15 is 0 Å². The molecule has 0 fully saturated rings. The number of nitrogens with zero attached hydrogens (tertiary/aromatic N) is 3. The summed E-state index contributed by atoms with van der Waals surface area (Å²) in [7, 11) is 0. The first-order chi connectivity index (χ1) is 16.1. The van der Waals surface area contributed by atoms with Crippen LogP contribution in [0.5, 0.6) is 5.75 Å². The molecule has 34 heavy (non-hydrogen) atoms. The van der Waals surface area contributed by atoms with E-state index in [9.17, 15) is 19.8 Å². The van der Waals surface area contributed by atoms with E-state index in [0.717, 1.165) is 0 Å². The number of aryl methyl sites for hydroxylation is 1. The van der Waals surface area contributed by atoms with Gasteiger partial charge in [-0.25, -0.2) is 9.48 Å². The third-order valence-electron chi connectivity index (χ3n) is 6.23. The molecule has 8 nitrogen and oxygen atoms in total. The van der Waals surface area contributed by atoms with Crippen LogP contribution in [0.25, 0.3) is 11.1 Å². The molecule has 0 bridgehead atoms. The van der Waals surface area contributed by atoms with Crippen molar-refractivity contribution in [3.05, 3.63) is 87.4 Å². The zero-order valence-electron chi connectivity index (χ0n) is 19.5. The zero-order chi connectivity index (χ0) is 24.6. The van der Waals surface area contributed by atoms with Crippen LogP contribution in [0.1, 0.15) is 43.2 Å². The number of aromatic amines is 1. The average Bonchev–Trinajstić information content (AvgIpc) is 3.10. The number of carbonyl (C=O) groups is 1. The van der Waals surface area contributed by atoms with E-state index < -0.39 is 11.5 Å². The lowest BCUT2D eigenvalue weighted by molar-refractivity contribution is 0.0697. The molecule has 1 heterocycles. The first-order valence-electron chi connectivity index (χ1n) is 10.9. The van der Waals surface area contributed by atoms with Crippen molar-refractivity contribution in [2.24, 2.45) is 10.2 Å². The van der Waals surface area contributed by atoms with Crippen LogP contribution in [0.2, 0.25) is 0 Å². The summed E-state index contributed by atoms with van der Waals surface area (Å²) in [6.45, 7) is 7.84. The van der Waals surface area contributed by atoms with Gasteiger partial charge >= 0.3 is 5.97 Å². The van der Waals surface area contributed by atoms with Crippen molar-refractivity contribution in [2.75, 3.05) is 0 Å². The number of azo groups is 1. The molecule has 0 radical (unpaired) electrons. The predicted molar refractivity (Wildman–Crippen MR) is 130 cm³/mol. The molecule has 8 heteroatoms. The quantitative estimate of drug-likeness (QED) is 0.407. The summed E-state index contributed by atoms with van der Waals surface area (Å²) in [4.78, 5) is 24.5. The number of hydrogen-bond acceptors (Lipinski definition) is 5. The maximum atomic E-state index is 13.2. The van der Waals surface area contributed by atoms with Crippen molar-refractivity contribution in [3.63, 3.8) is 0 Å². The van der Waals surface area contributed by atoms with E-state index in [2.05, 4.69) is 22.3 Å². The van der Waals surface area contributed by atoms with Crippen molar-refractivity contribution < 1.29 is 15.0 Å². The van der Waals surface area contributed by atoms with Crippen molar-refractivity contribution in [1.82, 2.24) is 9.78 Å². The summed E-state index contributed by atoms with van der Waals surface area (Å²) in [6, 6.07) is 11.2. The van der Waals surface area contributed by atoms with Gasteiger partial charge in [0.1, 0.15) is 5.69 Å². The first-order valence-corrected chi connectivity index (χ1v) is 10.9. The van der Waals surface area contributed by atoms with Gasteiger partial charge in [-0.15, -0.1) is 10.2 Å². The number of allylic oxidation sites excluding steroid dienone is 4. The molecule has 2 aromatic carbocycles. The highest BCUT2D eigenvalue weighted by Crippen LogP contribution is 2.38. The Hall–Kier alpha value is -4.20. The van der Waals surface area contributed by atoms with E-state index in [1.165, 1.54) is 23.3 Å². The largest absolute Gasteiger partial charge is 0.505 e. The lowest BCUT2D eigenvalue weighted by Crippen LogP contribution is -2.37. The van der Waals surface area contributed by atoms with Crippen LogP contribution in [0.15, 0.2) is 80.8 Å². The molecule has 0 spiro atoms. The van der Waals surface area contributed by atoms with E-state index in [-0.39, 0.29) is 28.2 Å². The molecule has 1 aromatic heterocycles. The molecule has 0 saturated heterocycles. The Kier molecular flexibility index (Phi) is 5.83. The van der Waals surface area contributed by atoms with Gasteiger partial charge in [-0.3, -0.25) is 9.89 Å². The van der Waals surface area contributed by atoms with Gasteiger partial charge in [0.2, 0.25) is 0 Å². The molecule has 1 atom stereocenters. The van der Waals surface area contributed by atoms with Crippen LogP contribution in [0.3, 0.4) is 0 Å². The number of rotatable bonds is 5. The van der Waals surface area contributed by atoms with Crippen molar-refractivity contribution in [2.45, 2.75) is 39.7 Å². The second kappa shape index (κ2) is 8.62. The number of aromatic nitrogens is 2. The van der Waals surface area contributed by atoms with E-state index in [4.69, 9.17) is 0 Å². The fourth-order valence-electron chi connectivity index (χ4n) is 4.12. The van der Waals surface area contributed by atoms with Gasteiger partial charge in [-0.05, 0) is 57.9 Å². The Bertz CT molecular complexity index is 1440. The fraction of sp³-hybridized carbons (Fsp3) is 0.231. The minimum absolute atomic E-state index is 0.109. The van der Waals surface area contributed by atoms with Crippen LogP contribution in [0, 0.1) is 6.92 Å². The summed E-state index contributed by atoms with van der Waals surface area (Å²) < 4.78 is 1.57. The summed E-state index contributed by atoms with van der Waals surface area (Å²) in [5.74, 6) is -1.21. The highest BCUT2D eigenvalue weighted by molar-refractivity contribution is 5.90. The molecule has 1 unspecified atom stereocenters. The lowest BCUT2D eigenvalue weighted by atomic mass is 9.86. The molecule has 1 aliphatic carbocycles. The van der Waals surface area contributed by atoms with Gasteiger partial charge in [-0.1, -0.05) is 47.6 Å². The Labute approximate surface area is 196 Å². The van der Waals surface area contributed by atoms with Crippen LogP contribution in [-0.2, 0) is 5.54 Å². The molecule has 1 aliphatic rings. The van der Waals surface area contributed by atoms with Crippen LogP contribution in [-0.4, -0.2) is 26.0 Å². The van der Waals surface area contributed by atoms with Gasteiger partial charge < -0.3 is 10.2 Å². The van der Waals surface area contributed by atoms with Gasteiger partial charge in [-0.2, -0.15) is 0 Å². The average molecular weight is 459 g/mol. The molecule has 0 amide bonds. The van der Waals surface area contributed by atoms with E-state index in [1.807, 2.05) is 26.0 Å². The third kappa shape index (κ3) is 4.10. The minimum Gasteiger partial charge on any atom is -0.505 e. The Morgan fingerprint density at radius 3 is 2.56 bits per heavy atom. The zero-order valence-corrected chi connectivity index (χ0v) is 19.5.